The summed E-state index contributed by atoms with van der Waals surface area (Å²) < 4.78 is 50.0. The van der Waals surface area contributed by atoms with E-state index in [4.69, 9.17) is 9.15 Å². The standard InChI is InChI=1S/C17H21F3N2O2/c1-2-3-4-5-6-7-10-23-15-9-8-13(16-22-21-12-24-16)11-14(15)17(18,19)20/h8-9,11-12H,2-7,10H2,1H3. The predicted molar refractivity (Wildman–Crippen MR) is 83.6 cm³/mol. The van der Waals surface area contributed by atoms with Crippen LogP contribution in [0.25, 0.3) is 11.5 Å². The highest BCUT2D eigenvalue weighted by Gasteiger charge is 2.35. The fraction of sp³-hybridized carbons (Fsp3) is 0.529. The normalized spacial score (nSPS) is 11.7. The first-order valence-electron chi connectivity index (χ1n) is 8.13. The summed E-state index contributed by atoms with van der Waals surface area (Å²) in [6, 6.07) is 3.77. The third kappa shape index (κ3) is 5.25. The molecule has 1 heterocycles. The molecule has 0 aliphatic rings. The van der Waals surface area contributed by atoms with E-state index in [1.54, 1.807) is 0 Å². The molecule has 0 bridgehead atoms. The van der Waals surface area contributed by atoms with Crippen LogP contribution in [-0.4, -0.2) is 16.8 Å². The minimum absolute atomic E-state index is 0.0444. The lowest BCUT2D eigenvalue weighted by Gasteiger charge is -2.14. The number of benzene rings is 1. The van der Waals surface area contributed by atoms with Gasteiger partial charge in [-0.25, -0.2) is 0 Å². The molecule has 0 N–H and O–H groups in total. The molecule has 0 saturated heterocycles. The second kappa shape index (κ2) is 8.70. The number of nitrogens with zero attached hydrogens (tertiary/aromatic N) is 2. The zero-order chi connectivity index (χ0) is 17.4. The molecule has 0 unspecified atom stereocenters. The summed E-state index contributed by atoms with van der Waals surface area (Å²) in [5.41, 5.74) is -0.615. The van der Waals surface area contributed by atoms with Crippen LogP contribution in [0.4, 0.5) is 13.2 Å². The molecule has 1 aromatic carbocycles. The molecule has 0 aliphatic heterocycles. The van der Waals surface area contributed by atoms with E-state index < -0.39 is 11.7 Å². The first-order valence-corrected chi connectivity index (χ1v) is 8.13. The van der Waals surface area contributed by atoms with Crippen molar-refractivity contribution in [1.29, 1.82) is 0 Å². The average Bonchev–Trinajstić information content (AvgIpc) is 3.07. The number of rotatable bonds is 9. The van der Waals surface area contributed by atoms with Crippen molar-refractivity contribution in [2.24, 2.45) is 0 Å². The van der Waals surface area contributed by atoms with Crippen LogP contribution in [0.1, 0.15) is 51.0 Å². The van der Waals surface area contributed by atoms with E-state index in [0.717, 1.165) is 44.6 Å². The second-order valence-electron chi connectivity index (χ2n) is 5.57. The van der Waals surface area contributed by atoms with E-state index in [9.17, 15) is 13.2 Å². The SMILES string of the molecule is CCCCCCCCOc1ccc(-c2nnco2)cc1C(F)(F)F. The van der Waals surface area contributed by atoms with Crippen molar-refractivity contribution in [2.45, 2.75) is 51.6 Å². The number of alkyl halides is 3. The summed E-state index contributed by atoms with van der Waals surface area (Å²) in [6.45, 7) is 2.41. The molecule has 2 rings (SSSR count). The van der Waals surface area contributed by atoms with Gasteiger partial charge in [0.05, 0.1) is 12.2 Å². The molecule has 0 radical (unpaired) electrons. The third-order valence-electron chi connectivity index (χ3n) is 3.65. The molecule has 7 heteroatoms. The number of unbranched alkanes of at least 4 members (excludes halogenated alkanes) is 5. The van der Waals surface area contributed by atoms with Crippen LogP contribution < -0.4 is 4.74 Å². The fourth-order valence-electron chi connectivity index (χ4n) is 2.37. The van der Waals surface area contributed by atoms with Crippen LogP contribution in [0.15, 0.2) is 29.0 Å². The van der Waals surface area contributed by atoms with Crippen LogP contribution in [-0.2, 0) is 6.18 Å². The molecule has 132 valence electrons. The zero-order valence-corrected chi connectivity index (χ0v) is 13.6. The van der Waals surface area contributed by atoms with Crippen molar-refractivity contribution in [2.75, 3.05) is 6.61 Å². The lowest BCUT2D eigenvalue weighted by Crippen LogP contribution is -2.09. The Kier molecular flexibility index (Phi) is 6.63. The van der Waals surface area contributed by atoms with E-state index in [0.29, 0.717) is 0 Å². The van der Waals surface area contributed by atoms with Gasteiger partial charge in [-0.05, 0) is 24.6 Å². The largest absolute Gasteiger partial charge is 0.493 e. The molecule has 1 aromatic heterocycles. The van der Waals surface area contributed by atoms with Gasteiger partial charge < -0.3 is 9.15 Å². The van der Waals surface area contributed by atoms with E-state index >= 15 is 0 Å². The Bertz CT molecular complexity index is 613. The lowest BCUT2D eigenvalue weighted by atomic mass is 10.1. The summed E-state index contributed by atoms with van der Waals surface area (Å²) in [6.07, 6.45) is 2.86. The van der Waals surface area contributed by atoms with Gasteiger partial charge in [0.2, 0.25) is 12.3 Å². The summed E-state index contributed by atoms with van der Waals surface area (Å²) in [5, 5.41) is 7.10. The summed E-state index contributed by atoms with van der Waals surface area (Å²) in [4.78, 5) is 0. The van der Waals surface area contributed by atoms with Crippen LogP contribution in [0.2, 0.25) is 0 Å². The number of halogens is 3. The Morgan fingerprint density at radius 1 is 1.08 bits per heavy atom. The van der Waals surface area contributed by atoms with Crippen LogP contribution >= 0.6 is 0 Å². The van der Waals surface area contributed by atoms with Crippen LogP contribution in [0, 0.1) is 0 Å². The van der Waals surface area contributed by atoms with Gasteiger partial charge in [-0.2, -0.15) is 13.2 Å². The fourth-order valence-corrected chi connectivity index (χ4v) is 2.37. The van der Waals surface area contributed by atoms with Gasteiger partial charge in [-0.3, -0.25) is 0 Å². The summed E-state index contributed by atoms with van der Waals surface area (Å²) in [5.74, 6) is -0.123. The molecule has 0 spiro atoms. The Morgan fingerprint density at radius 3 is 2.50 bits per heavy atom. The van der Waals surface area contributed by atoms with Crippen molar-refractivity contribution >= 4 is 0 Å². The number of hydrogen-bond donors (Lipinski definition) is 0. The van der Waals surface area contributed by atoms with Gasteiger partial charge in [-0.15, -0.1) is 10.2 Å². The molecule has 2 aromatic rings. The van der Waals surface area contributed by atoms with Gasteiger partial charge in [0.25, 0.3) is 0 Å². The lowest BCUT2D eigenvalue weighted by molar-refractivity contribution is -0.138. The Labute approximate surface area is 139 Å². The monoisotopic (exact) mass is 342 g/mol. The van der Waals surface area contributed by atoms with Gasteiger partial charge in [0, 0.05) is 5.56 Å². The van der Waals surface area contributed by atoms with Crippen LogP contribution in [0.5, 0.6) is 5.75 Å². The van der Waals surface area contributed by atoms with Crippen molar-refractivity contribution in [1.82, 2.24) is 10.2 Å². The minimum atomic E-state index is -4.51. The van der Waals surface area contributed by atoms with E-state index in [2.05, 4.69) is 17.1 Å². The maximum absolute atomic E-state index is 13.2. The highest BCUT2D eigenvalue weighted by molar-refractivity contribution is 5.57. The number of aromatic nitrogens is 2. The molecule has 0 saturated carbocycles. The van der Waals surface area contributed by atoms with Gasteiger partial charge >= 0.3 is 6.18 Å². The summed E-state index contributed by atoms with van der Waals surface area (Å²) in [7, 11) is 0. The Hall–Kier alpha value is -2.05. The van der Waals surface area contributed by atoms with Crippen molar-refractivity contribution in [3.8, 4) is 17.2 Å². The second-order valence-corrected chi connectivity index (χ2v) is 5.57. The average molecular weight is 342 g/mol. The van der Waals surface area contributed by atoms with Gasteiger partial charge in [0.15, 0.2) is 0 Å². The van der Waals surface area contributed by atoms with Gasteiger partial charge in [0.1, 0.15) is 5.75 Å². The number of ether oxygens (including phenoxy) is 1. The smallest absolute Gasteiger partial charge is 0.419 e. The van der Waals surface area contributed by atoms with E-state index in [-0.39, 0.29) is 23.8 Å². The van der Waals surface area contributed by atoms with Crippen molar-refractivity contribution in [3.63, 3.8) is 0 Å². The molecule has 4 nitrogen and oxygen atoms in total. The topological polar surface area (TPSA) is 48.2 Å². The quantitative estimate of drug-likeness (QED) is 0.565. The maximum atomic E-state index is 13.2. The van der Waals surface area contributed by atoms with Gasteiger partial charge in [-0.1, -0.05) is 39.0 Å². The Balaban J connectivity index is 1.99. The first kappa shape index (κ1) is 18.3. The molecule has 0 fully saturated rings. The Morgan fingerprint density at radius 2 is 1.83 bits per heavy atom. The van der Waals surface area contributed by atoms with E-state index in [1.165, 1.54) is 18.6 Å². The molecule has 0 amide bonds. The maximum Gasteiger partial charge on any atom is 0.419 e. The first-order chi connectivity index (χ1) is 11.5. The molecular weight excluding hydrogens is 321 g/mol. The van der Waals surface area contributed by atoms with Crippen molar-refractivity contribution in [3.05, 3.63) is 30.2 Å². The molecular formula is C17H21F3N2O2. The third-order valence-corrected chi connectivity index (χ3v) is 3.65. The minimum Gasteiger partial charge on any atom is -0.493 e. The number of hydrogen-bond acceptors (Lipinski definition) is 4. The summed E-state index contributed by atoms with van der Waals surface area (Å²) >= 11 is 0. The highest BCUT2D eigenvalue weighted by atomic mass is 19.4. The zero-order valence-electron chi connectivity index (χ0n) is 13.6. The highest BCUT2D eigenvalue weighted by Crippen LogP contribution is 2.38. The molecule has 24 heavy (non-hydrogen) atoms. The van der Waals surface area contributed by atoms with E-state index in [1.807, 2.05) is 0 Å². The molecule has 0 atom stereocenters. The van der Waals surface area contributed by atoms with Crippen LogP contribution in [0.3, 0.4) is 0 Å². The van der Waals surface area contributed by atoms with Crippen molar-refractivity contribution < 1.29 is 22.3 Å². The molecule has 0 aliphatic carbocycles. The predicted octanol–water partition coefficient (Wildman–Crippen LogP) is 5.49.